The van der Waals surface area contributed by atoms with Crippen LogP contribution in [0.2, 0.25) is 13.4 Å². The van der Waals surface area contributed by atoms with Gasteiger partial charge in [-0.2, -0.15) is 0 Å². The Morgan fingerprint density at radius 2 is 0.474 bits per heavy atom. The molecular weight excluding hydrogens is 557 g/mol. The largest absolute Gasteiger partial charge is 0 e. The first-order valence-electron chi connectivity index (χ1n) is 6.89. The summed E-state index contributed by atoms with van der Waals surface area (Å²) < 4.78 is 2.54. The SMILES string of the molecule is C[C](C)(C)[Sb][C](C)(C)C.C[C](C)(C)[Sb][C](C)(C)C.[Sb]. The molecule has 0 N–H and O–H groups in total. The molecule has 115 valence electrons. The predicted molar refractivity (Wildman–Crippen MR) is 96.1 cm³/mol. The van der Waals surface area contributed by atoms with Crippen molar-refractivity contribution in [1.29, 1.82) is 0 Å². The summed E-state index contributed by atoms with van der Waals surface area (Å²) in [5.74, 6) is 0. The van der Waals surface area contributed by atoms with Gasteiger partial charge in [-0.25, -0.2) is 0 Å². The maximum absolute atomic E-state index is 2.36. The first-order chi connectivity index (χ1) is 7.41. The second-order valence-corrected chi connectivity index (χ2v) is 25.5. The van der Waals surface area contributed by atoms with Gasteiger partial charge >= 0.3 is 140 Å². The molecule has 3 heteroatoms. The van der Waals surface area contributed by atoms with Crippen LogP contribution in [0.1, 0.15) is 83.1 Å². The summed E-state index contributed by atoms with van der Waals surface area (Å²) in [6.45, 7) is 28.3. The van der Waals surface area contributed by atoms with Gasteiger partial charge in [0.15, 0.2) is 0 Å². The number of rotatable bonds is 0. The molecule has 0 fully saturated rings. The molecule has 0 rings (SSSR count). The fraction of sp³-hybridized carbons (Fsp3) is 1.00. The van der Waals surface area contributed by atoms with E-state index in [4.69, 9.17) is 0 Å². The van der Waals surface area contributed by atoms with Crippen LogP contribution in [0.25, 0.3) is 0 Å². The Morgan fingerprint density at radius 1 is 0.368 bits per heavy atom. The molecule has 0 aromatic carbocycles. The van der Waals surface area contributed by atoms with E-state index < -0.39 is 0 Å². The number of hydrogen-bond acceptors (Lipinski definition) is 0. The van der Waals surface area contributed by atoms with Crippen molar-refractivity contribution in [2.24, 2.45) is 0 Å². The van der Waals surface area contributed by atoms with Gasteiger partial charge in [-0.05, 0) is 0 Å². The molecule has 0 aliphatic carbocycles. The van der Waals surface area contributed by atoms with Crippen molar-refractivity contribution in [3.63, 3.8) is 0 Å². The van der Waals surface area contributed by atoms with Crippen molar-refractivity contribution < 1.29 is 0 Å². The maximum atomic E-state index is 2.36. The van der Waals surface area contributed by atoms with Crippen molar-refractivity contribution in [3.05, 3.63) is 0 Å². The Labute approximate surface area is 162 Å². The summed E-state index contributed by atoms with van der Waals surface area (Å²) in [4.78, 5) is 0. The Bertz CT molecular complexity index is 168. The molecule has 19 heavy (non-hydrogen) atoms. The fourth-order valence-electron chi connectivity index (χ4n) is 2.01. The third kappa shape index (κ3) is 33.3. The summed E-state index contributed by atoms with van der Waals surface area (Å²) in [5, 5.41) is 0. The molecule has 0 saturated carbocycles. The zero-order valence-electron chi connectivity index (χ0n) is 15.3. The second-order valence-electron chi connectivity index (χ2n) is 8.91. The summed E-state index contributed by atoms with van der Waals surface area (Å²) in [6.07, 6.45) is 0. The van der Waals surface area contributed by atoms with Gasteiger partial charge < -0.3 is 0 Å². The van der Waals surface area contributed by atoms with Gasteiger partial charge in [0.2, 0.25) is 0 Å². The van der Waals surface area contributed by atoms with Crippen LogP contribution in [0, 0.1) is 0 Å². The van der Waals surface area contributed by atoms with Crippen molar-refractivity contribution in [1.82, 2.24) is 0 Å². The van der Waals surface area contributed by atoms with Gasteiger partial charge in [0.05, 0.1) is 0 Å². The van der Waals surface area contributed by atoms with E-state index in [2.05, 4.69) is 83.1 Å². The smallest absolute Gasteiger partial charge is 0 e. The van der Waals surface area contributed by atoms with E-state index in [1.165, 1.54) is 0 Å². The van der Waals surface area contributed by atoms with Crippen LogP contribution in [-0.2, 0) is 0 Å². The van der Waals surface area contributed by atoms with E-state index in [-0.39, 0.29) is 67.7 Å². The normalized spacial score (nSPS) is 13.3. The zero-order valence-corrected chi connectivity index (χ0v) is 23.0. The van der Waals surface area contributed by atoms with E-state index in [1.54, 1.807) is 0 Å². The quantitative estimate of drug-likeness (QED) is 0.308. The van der Waals surface area contributed by atoms with Crippen LogP contribution in [0.4, 0.5) is 0 Å². The van der Waals surface area contributed by atoms with Crippen LogP contribution in [-0.4, -0.2) is 67.7 Å². The van der Waals surface area contributed by atoms with Gasteiger partial charge in [0.1, 0.15) is 0 Å². The summed E-state index contributed by atoms with van der Waals surface area (Å²) in [7, 11) is 0. The van der Waals surface area contributed by atoms with Crippen LogP contribution >= 0.6 is 0 Å². The second kappa shape index (κ2) is 9.56. The molecule has 0 spiro atoms. The third-order valence-corrected chi connectivity index (χ3v) is 9.00. The van der Waals surface area contributed by atoms with E-state index in [9.17, 15) is 0 Å². The Hall–Kier alpha value is 2.45. The molecule has 0 saturated heterocycles. The van der Waals surface area contributed by atoms with E-state index in [0.29, 0.717) is 13.4 Å². The predicted octanol–water partition coefficient (Wildman–Crippen LogP) is 5.87. The van der Waals surface area contributed by atoms with Crippen molar-refractivity contribution in [3.8, 4) is 0 Å². The zero-order chi connectivity index (χ0) is 15.4. The molecule has 0 aromatic rings. The van der Waals surface area contributed by atoms with Crippen LogP contribution in [0.3, 0.4) is 0 Å². The van der Waals surface area contributed by atoms with Gasteiger partial charge in [-0.15, -0.1) is 0 Å². The van der Waals surface area contributed by atoms with E-state index in [0.717, 1.165) is 0 Å². The van der Waals surface area contributed by atoms with E-state index >= 15 is 0 Å². The van der Waals surface area contributed by atoms with Gasteiger partial charge in [-0.1, -0.05) is 0 Å². The van der Waals surface area contributed by atoms with Gasteiger partial charge in [0.25, 0.3) is 0 Å². The van der Waals surface area contributed by atoms with Gasteiger partial charge in [0, 0.05) is 24.4 Å². The number of hydrogen-bond donors (Lipinski definition) is 0. The molecule has 0 aromatic heterocycles. The molecule has 0 unspecified atom stereocenters. The molecule has 0 nitrogen and oxygen atoms in total. The average molecular weight is 594 g/mol. The molecular formula is C16H36Sb3. The summed E-state index contributed by atoms with van der Waals surface area (Å²) >= 11 is -0.0167. The van der Waals surface area contributed by atoms with Crippen LogP contribution < -0.4 is 0 Å². The van der Waals surface area contributed by atoms with Crippen LogP contribution in [0.5, 0.6) is 0 Å². The average Bonchev–Trinajstić information content (AvgIpc) is 1.64. The summed E-state index contributed by atoms with van der Waals surface area (Å²) in [6, 6.07) is 0. The third-order valence-electron chi connectivity index (χ3n) is 1.34. The first-order valence-corrected chi connectivity index (χ1v) is 12.0. The molecule has 0 aliphatic heterocycles. The fourth-order valence-corrected chi connectivity index (χ4v) is 13.5. The minimum absolute atomic E-state index is 0. The molecule has 0 atom stereocenters. The standard InChI is InChI=1S/4C4H9.3Sb/c4*1-4(2)3;;;/h4*1-3H3;;;. The van der Waals surface area contributed by atoms with E-state index in [1.807, 2.05) is 0 Å². The molecule has 0 aliphatic rings. The molecule has 5 radical (unpaired) electrons. The van der Waals surface area contributed by atoms with Gasteiger partial charge in [-0.3, -0.25) is 0 Å². The Balaban J connectivity index is -0.000000256. The maximum Gasteiger partial charge on any atom is 0 e. The van der Waals surface area contributed by atoms with Crippen molar-refractivity contribution in [2.75, 3.05) is 0 Å². The Kier molecular flexibility index (Phi) is 13.3. The van der Waals surface area contributed by atoms with Crippen molar-refractivity contribution >= 4 is 67.7 Å². The topological polar surface area (TPSA) is 0 Å². The summed E-state index contributed by atoms with van der Waals surface area (Å²) in [5.41, 5.74) is 0. The Morgan fingerprint density at radius 3 is 0.474 bits per heavy atom. The minimum atomic E-state index is -0.00833. The van der Waals surface area contributed by atoms with Crippen LogP contribution in [0.15, 0.2) is 0 Å². The minimum Gasteiger partial charge on any atom is 0 e. The monoisotopic (exact) mass is 591 g/mol. The molecule has 0 amide bonds. The van der Waals surface area contributed by atoms with Crippen molar-refractivity contribution in [2.45, 2.75) is 96.5 Å². The first kappa shape index (κ1) is 26.4. The molecule has 0 bridgehead atoms. The molecule has 0 heterocycles.